The van der Waals surface area contributed by atoms with Crippen molar-refractivity contribution >= 4 is 0 Å². The molecule has 78 valence electrons. The minimum absolute atomic E-state index is 1.01. The topological polar surface area (TPSA) is 12.0 Å². The number of rotatable bonds is 6. The average Bonchev–Trinajstić information content (AvgIpc) is 2.18. The predicted octanol–water partition coefficient (Wildman–Crippen LogP) is 3.27. The van der Waals surface area contributed by atoms with Gasteiger partial charge in [0.05, 0.1) is 0 Å². The summed E-state index contributed by atoms with van der Waals surface area (Å²) in [7, 11) is 0. The predicted molar refractivity (Wildman–Crippen MR) is 62.4 cm³/mol. The molecule has 0 fully saturated rings. The summed E-state index contributed by atoms with van der Waals surface area (Å²) in [4.78, 5) is 0. The molecule has 0 radical (unpaired) electrons. The van der Waals surface area contributed by atoms with Gasteiger partial charge in [-0.2, -0.15) is 0 Å². The summed E-state index contributed by atoms with van der Waals surface area (Å²) in [5.74, 6) is 0. The van der Waals surface area contributed by atoms with Crippen molar-refractivity contribution in [3.05, 3.63) is 35.4 Å². The second kappa shape index (κ2) is 6.61. The normalized spacial score (nSPS) is 10.4. The molecule has 0 amide bonds. The average molecular weight is 191 g/mol. The first kappa shape index (κ1) is 11.3. The summed E-state index contributed by atoms with van der Waals surface area (Å²) in [5, 5.41) is 3.46. The van der Waals surface area contributed by atoms with Crippen LogP contribution in [0, 0.1) is 6.92 Å². The molecule has 0 heterocycles. The first-order chi connectivity index (χ1) is 6.83. The Hall–Kier alpha value is -0.820. The Morgan fingerprint density at radius 1 is 1.21 bits per heavy atom. The number of hydrogen-bond acceptors (Lipinski definition) is 1. The zero-order valence-corrected chi connectivity index (χ0v) is 9.34. The molecule has 0 saturated carbocycles. The van der Waals surface area contributed by atoms with Gasteiger partial charge in [-0.3, -0.25) is 0 Å². The van der Waals surface area contributed by atoms with E-state index in [1.165, 1.54) is 30.4 Å². The molecule has 0 aliphatic rings. The summed E-state index contributed by atoms with van der Waals surface area (Å²) >= 11 is 0. The number of benzene rings is 1. The van der Waals surface area contributed by atoms with Crippen molar-refractivity contribution in [2.75, 3.05) is 6.54 Å². The van der Waals surface area contributed by atoms with Crippen LogP contribution in [0.5, 0.6) is 0 Å². The molecule has 1 aromatic rings. The first-order valence-electron chi connectivity index (χ1n) is 5.59. The molecule has 1 aromatic carbocycles. The van der Waals surface area contributed by atoms with Gasteiger partial charge in [-0.1, -0.05) is 49.6 Å². The molecule has 1 nitrogen and oxygen atoms in total. The van der Waals surface area contributed by atoms with Gasteiger partial charge in [0.1, 0.15) is 0 Å². The number of unbranched alkanes of at least 4 members (excludes halogenated alkanes) is 2. The summed E-state index contributed by atoms with van der Waals surface area (Å²) in [6.07, 6.45) is 3.93. The SMILES string of the molecule is CCCCCNCc1cccc(C)c1. The van der Waals surface area contributed by atoms with Gasteiger partial charge in [0.15, 0.2) is 0 Å². The van der Waals surface area contributed by atoms with E-state index in [2.05, 4.69) is 43.4 Å². The Bertz CT molecular complexity index is 255. The molecule has 14 heavy (non-hydrogen) atoms. The second-order valence-corrected chi connectivity index (χ2v) is 3.87. The zero-order valence-electron chi connectivity index (χ0n) is 9.34. The zero-order chi connectivity index (χ0) is 10.2. The van der Waals surface area contributed by atoms with Gasteiger partial charge in [0, 0.05) is 6.54 Å². The molecule has 0 saturated heterocycles. The number of nitrogens with one attached hydrogen (secondary N) is 1. The van der Waals surface area contributed by atoms with Crippen LogP contribution >= 0.6 is 0 Å². The van der Waals surface area contributed by atoms with Crippen molar-refractivity contribution in [1.29, 1.82) is 0 Å². The van der Waals surface area contributed by atoms with Crippen molar-refractivity contribution in [3.63, 3.8) is 0 Å². The lowest BCUT2D eigenvalue weighted by Crippen LogP contribution is -2.14. The van der Waals surface area contributed by atoms with Crippen LogP contribution in [0.25, 0.3) is 0 Å². The molecule has 0 aliphatic carbocycles. The molecule has 0 spiro atoms. The van der Waals surface area contributed by atoms with E-state index in [9.17, 15) is 0 Å². The fraction of sp³-hybridized carbons (Fsp3) is 0.538. The Kier molecular flexibility index (Phi) is 5.31. The third-order valence-corrected chi connectivity index (χ3v) is 2.37. The van der Waals surface area contributed by atoms with E-state index in [0.29, 0.717) is 0 Å². The maximum absolute atomic E-state index is 3.46. The molecule has 1 rings (SSSR count). The second-order valence-electron chi connectivity index (χ2n) is 3.87. The quantitative estimate of drug-likeness (QED) is 0.680. The van der Waals surface area contributed by atoms with Crippen molar-refractivity contribution in [2.24, 2.45) is 0 Å². The summed E-state index contributed by atoms with van der Waals surface area (Å²) in [6, 6.07) is 8.69. The van der Waals surface area contributed by atoms with Gasteiger partial charge < -0.3 is 5.32 Å². The molecule has 0 atom stereocenters. The maximum atomic E-state index is 3.46. The van der Waals surface area contributed by atoms with Gasteiger partial charge in [0.2, 0.25) is 0 Å². The van der Waals surface area contributed by atoms with Crippen LogP contribution in [0.1, 0.15) is 37.3 Å². The highest BCUT2D eigenvalue weighted by molar-refractivity contribution is 5.21. The Morgan fingerprint density at radius 2 is 2.07 bits per heavy atom. The van der Waals surface area contributed by atoms with Crippen molar-refractivity contribution < 1.29 is 0 Å². The fourth-order valence-electron chi connectivity index (χ4n) is 1.55. The summed E-state index contributed by atoms with van der Waals surface area (Å²) < 4.78 is 0. The van der Waals surface area contributed by atoms with Gasteiger partial charge in [-0.05, 0) is 25.5 Å². The van der Waals surface area contributed by atoms with Crippen LogP contribution in [0.2, 0.25) is 0 Å². The maximum Gasteiger partial charge on any atom is 0.0205 e. The molecule has 0 aliphatic heterocycles. The largest absolute Gasteiger partial charge is 0.313 e. The van der Waals surface area contributed by atoms with Gasteiger partial charge in [-0.15, -0.1) is 0 Å². The van der Waals surface area contributed by atoms with Crippen LogP contribution in [-0.4, -0.2) is 6.54 Å². The lowest BCUT2D eigenvalue weighted by Gasteiger charge is -2.04. The van der Waals surface area contributed by atoms with E-state index in [0.717, 1.165) is 13.1 Å². The minimum Gasteiger partial charge on any atom is -0.313 e. The van der Waals surface area contributed by atoms with E-state index >= 15 is 0 Å². The van der Waals surface area contributed by atoms with Crippen LogP contribution in [-0.2, 0) is 6.54 Å². The van der Waals surface area contributed by atoms with Crippen molar-refractivity contribution in [1.82, 2.24) is 5.32 Å². The van der Waals surface area contributed by atoms with Crippen LogP contribution < -0.4 is 5.32 Å². The standard InChI is InChI=1S/C13H21N/c1-3-4-5-9-14-11-13-8-6-7-12(2)10-13/h6-8,10,14H,3-5,9,11H2,1-2H3. The smallest absolute Gasteiger partial charge is 0.0205 e. The highest BCUT2D eigenvalue weighted by Crippen LogP contribution is 2.03. The lowest BCUT2D eigenvalue weighted by atomic mass is 10.1. The molecule has 0 aromatic heterocycles. The number of aryl methyl sites for hydroxylation is 1. The van der Waals surface area contributed by atoms with E-state index in [1.54, 1.807) is 0 Å². The van der Waals surface area contributed by atoms with Gasteiger partial charge in [-0.25, -0.2) is 0 Å². The van der Waals surface area contributed by atoms with Crippen LogP contribution in [0.3, 0.4) is 0 Å². The van der Waals surface area contributed by atoms with Crippen LogP contribution in [0.4, 0.5) is 0 Å². The molecular weight excluding hydrogens is 170 g/mol. The highest BCUT2D eigenvalue weighted by Gasteiger charge is 1.92. The van der Waals surface area contributed by atoms with Gasteiger partial charge >= 0.3 is 0 Å². The first-order valence-corrected chi connectivity index (χ1v) is 5.59. The Morgan fingerprint density at radius 3 is 2.79 bits per heavy atom. The molecule has 1 N–H and O–H groups in total. The van der Waals surface area contributed by atoms with Crippen molar-refractivity contribution in [2.45, 2.75) is 39.7 Å². The van der Waals surface area contributed by atoms with E-state index in [1.807, 2.05) is 0 Å². The fourth-order valence-corrected chi connectivity index (χ4v) is 1.55. The third kappa shape index (κ3) is 4.43. The monoisotopic (exact) mass is 191 g/mol. The third-order valence-electron chi connectivity index (χ3n) is 2.37. The van der Waals surface area contributed by atoms with Crippen molar-refractivity contribution in [3.8, 4) is 0 Å². The van der Waals surface area contributed by atoms with E-state index in [-0.39, 0.29) is 0 Å². The minimum atomic E-state index is 1.01. The highest BCUT2D eigenvalue weighted by atomic mass is 14.8. The molecule has 0 unspecified atom stereocenters. The number of hydrogen-bond donors (Lipinski definition) is 1. The van der Waals surface area contributed by atoms with E-state index in [4.69, 9.17) is 0 Å². The molecule has 1 heteroatoms. The van der Waals surface area contributed by atoms with Crippen LogP contribution in [0.15, 0.2) is 24.3 Å². The Balaban J connectivity index is 2.18. The Labute approximate surface area is 87.5 Å². The summed E-state index contributed by atoms with van der Waals surface area (Å²) in [6.45, 7) is 6.52. The summed E-state index contributed by atoms with van der Waals surface area (Å²) in [5.41, 5.74) is 2.74. The lowest BCUT2D eigenvalue weighted by molar-refractivity contribution is 0.616. The van der Waals surface area contributed by atoms with E-state index < -0.39 is 0 Å². The molecular formula is C13H21N. The molecule has 0 bridgehead atoms. The van der Waals surface area contributed by atoms with Gasteiger partial charge in [0.25, 0.3) is 0 Å².